The molecule has 2 fully saturated rings. The molecule has 2 saturated carbocycles. The summed E-state index contributed by atoms with van der Waals surface area (Å²) < 4.78 is 0. The van der Waals surface area contributed by atoms with E-state index in [1.165, 1.54) is 25.7 Å². The van der Waals surface area contributed by atoms with Gasteiger partial charge in [-0.1, -0.05) is 6.42 Å². The molecule has 80 valence electrons. The minimum absolute atomic E-state index is 0.741. The molecule has 3 nitrogen and oxygen atoms in total. The van der Waals surface area contributed by atoms with Gasteiger partial charge in [-0.25, -0.2) is 0 Å². The first-order valence-electron chi connectivity index (χ1n) is 5.92. The Kier molecular flexibility index (Phi) is 2.41. The molecule has 0 aliphatic heterocycles. The van der Waals surface area contributed by atoms with Crippen LogP contribution in [0.5, 0.6) is 0 Å². The lowest BCUT2D eigenvalue weighted by Gasteiger charge is -2.22. The second-order valence-electron chi connectivity index (χ2n) is 4.88. The molecule has 3 rings (SSSR count). The number of fused-ring (bicyclic) bond motifs is 2. The zero-order chi connectivity index (χ0) is 10.1. The monoisotopic (exact) mass is 203 g/mol. The van der Waals surface area contributed by atoms with Crippen molar-refractivity contribution < 1.29 is 0 Å². The fraction of sp³-hybridized carbons (Fsp3) is 0.667. The molecule has 2 bridgehead atoms. The highest BCUT2D eigenvalue weighted by Crippen LogP contribution is 2.44. The van der Waals surface area contributed by atoms with Gasteiger partial charge in [0.05, 0.1) is 5.69 Å². The smallest absolute Gasteiger partial charge is 0.0769 e. The SMILES string of the molecule is c1cnnc(CNC2CC3CCC2C3)c1. The van der Waals surface area contributed by atoms with E-state index in [-0.39, 0.29) is 0 Å². The summed E-state index contributed by atoms with van der Waals surface area (Å²) in [5.74, 6) is 1.95. The molecule has 15 heavy (non-hydrogen) atoms. The van der Waals surface area contributed by atoms with Crippen molar-refractivity contribution in [1.82, 2.24) is 15.5 Å². The summed E-state index contributed by atoms with van der Waals surface area (Å²) in [6, 6.07) is 4.73. The second-order valence-corrected chi connectivity index (χ2v) is 4.88. The first-order chi connectivity index (χ1) is 7.42. The first kappa shape index (κ1) is 9.28. The predicted octanol–water partition coefficient (Wildman–Crippen LogP) is 1.75. The zero-order valence-electron chi connectivity index (χ0n) is 8.89. The fourth-order valence-corrected chi connectivity index (χ4v) is 3.16. The lowest BCUT2D eigenvalue weighted by molar-refractivity contribution is 0.349. The minimum atomic E-state index is 0.741. The summed E-state index contributed by atoms with van der Waals surface area (Å²) in [4.78, 5) is 0. The molecular formula is C12H17N3. The van der Waals surface area contributed by atoms with Gasteiger partial charge in [0, 0.05) is 18.8 Å². The van der Waals surface area contributed by atoms with Crippen LogP contribution in [0.15, 0.2) is 18.3 Å². The molecule has 2 aliphatic rings. The molecule has 0 spiro atoms. The van der Waals surface area contributed by atoms with Crippen molar-refractivity contribution in [3.8, 4) is 0 Å². The molecule has 1 heterocycles. The molecule has 3 heteroatoms. The van der Waals surface area contributed by atoms with E-state index in [9.17, 15) is 0 Å². The van der Waals surface area contributed by atoms with Crippen molar-refractivity contribution in [2.45, 2.75) is 38.3 Å². The summed E-state index contributed by atoms with van der Waals surface area (Å²) in [5.41, 5.74) is 1.06. The highest BCUT2D eigenvalue weighted by Gasteiger charge is 2.38. The minimum Gasteiger partial charge on any atom is -0.308 e. The van der Waals surface area contributed by atoms with Crippen LogP contribution < -0.4 is 5.32 Å². The quantitative estimate of drug-likeness (QED) is 0.813. The van der Waals surface area contributed by atoms with Crippen LogP contribution in [0, 0.1) is 11.8 Å². The number of hydrogen-bond acceptors (Lipinski definition) is 3. The molecule has 3 atom stereocenters. The van der Waals surface area contributed by atoms with Crippen molar-refractivity contribution in [2.75, 3.05) is 0 Å². The van der Waals surface area contributed by atoms with Gasteiger partial charge in [-0.15, -0.1) is 0 Å². The van der Waals surface area contributed by atoms with Crippen molar-refractivity contribution in [1.29, 1.82) is 0 Å². The maximum atomic E-state index is 4.09. The van der Waals surface area contributed by atoms with E-state index in [2.05, 4.69) is 15.5 Å². The van der Waals surface area contributed by atoms with Crippen LogP contribution in [-0.4, -0.2) is 16.2 Å². The molecule has 3 unspecified atom stereocenters. The van der Waals surface area contributed by atoms with Crippen LogP contribution in [-0.2, 0) is 6.54 Å². The molecule has 0 radical (unpaired) electrons. The summed E-state index contributed by atoms with van der Waals surface area (Å²) in [6.45, 7) is 0.877. The lowest BCUT2D eigenvalue weighted by Crippen LogP contribution is -2.33. The first-order valence-corrected chi connectivity index (χ1v) is 5.92. The van der Waals surface area contributed by atoms with Crippen molar-refractivity contribution in [3.05, 3.63) is 24.0 Å². The fourth-order valence-electron chi connectivity index (χ4n) is 3.16. The Morgan fingerprint density at radius 3 is 3.00 bits per heavy atom. The maximum absolute atomic E-state index is 4.09. The predicted molar refractivity (Wildman–Crippen MR) is 58.1 cm³/mol. The molecule has 2 aliphatic carbocycles. The van der Waals surface area contributed by atoms with Gasteiger partial charge in [-0.2, -0.15) is 10.2 Å². The van der Waals surface area contributed by atoms with E-state index in [4.69, 9.17) is 0 Å². The van der Waals surface area contributed by atoms with Crippen molar-refractivity contribution in [2.24, 2.45) is 11.8 Å². The normalized spacial score (nSPS) is 33.5. The highest BCUT2D eigenvalue weighted by atomic mass is 15.1. The zero-order valence-corrected chi connectivity index (χ0v) is 8.89. The molecule has 1 aromatic rings. The third kappa shape index (κ3) is 1.88. The van der Waals surface area contributed by atoms with Crippen LogP contribution in [0.4, 0.5) is 0 Å². The Morgan fingerprint density at radius 1 is 1.33 bits per heavy atom. The Balaban J connectivity index is 1.55. The standard InChI is InChI=1S/C12H17N3/c1-2-11(15-14-5-1)8-13-12-7-9-3-4-10(12)6-9/h1-2,5,9-10,12-13H,3-4,6-8H2. The van der Waals surface area contributed by atoms with Crippen LogP contribution >= 0.6 is 0 Å². The third-order valence-electron chi connectivity index (χ3n) is 3.91. The molecular weight excluding hydrogens is 186 g/mol. The van der Waals surface area contributed by atoms with Crippen LogP contribution in [0.3, 0.4) is 0 Å². The van der Waals surface area contributed by atoms with E-state index < -0.39 is 0 Å². The van der Waals surface area contributed by atoms with Gasteiger partial charge in [0.15, 0.2) is 0 Å². The average molecular weight is 203 g/mol. The Morgan fingerprint density at radius 2 is 2.33 bits per heavy atom. The van der Waals surface area contributed by atoms with Gasteiger partial charge < -0.3 is 5.32 Å². The topological polar surface area (TPSA) is 37.8 Å². The Labute approximate surface area is 90.3 Å². The van der Waals surface area contributed by atoms with Gasteiger partial charge in [0.2, 0.25) is 0 Å². The summed E-state index contributed by atoms with van der Waals surface area (Å²) in [6.07, 6.45) is 7.46. The van der Waals surface area contributed by atoms with Crippen molar-refractivity contribution in [3.63, 3.8) is 0 Å². The number of hydrogen-bond donors (Lipinski definition) is 1. The molecule has 0 aromatic carbocycles. The van der Waals surface area contributed by atoms with Crippen molar-refractivity contribution >= 4 is 0 Å². The van der Waals surface area contributed by atoms with Gasteiger partial charge in [-0.3, -0.25) is 0 Å². The van der Waals surface area contributed by atoms with E-state index in [1.807, 2.05) is 12.1 Å². The Hall–Kier alpha value is -0.960. The lowest BCUT2D eigenvalue weighted by atomic mass is 9.95. The number of aromatic nitrogens is 2. The maximum Gasteiger partial charge on any atom is 0.0769 e. The number of nitrogens with one attached hydrogen (secondary N) is 1. The van der Waals surface area contributed by atoms with E-state index in [1.54, 1.807) is 6.20 Å². The van der Waals surface area contributed by atoms with Gasteiger partial charge in [0.25, 0.3) is 0 Å². The summed E-state index contributed by atoms with van der Waals surface area (Å²) in [5, 5.41) is 11.6. The van der Waals surface area contributed by atoms with E-state index >= 15 is 0 Å². The van der Waals surface area contributed by atoms with Crippen LogP contribution in [0.1, 0.15) is 31.4 Å². The third-order valence-corrected chi connectivity index (χ3v) is 3.91. The number of rotatable bonds is 3. The van der Waals surface area contributed by atoms with Crippen LogP contribution in [0.2, 0.25) is 0 Å². The molecule has 1 N–H and O–H groups in total. The number of nitrogens with zero attached hydrogens (tertiary/aromatic N) is 2. The van der Waals surface area contributed by atoms with Crippen LogP contribution in [0.25, 0.3) is 0 Å². The highest BCUT2D eigenvalue weighted by molar-refractivity contribution is 5.00. The molecule has 0 amide bonds. The van der Waals surface area contributed by atoms with E-state index in [0.717, 1.165) is 30.1 Å². The average Bonchev–Trinajstić information content (AvgIpc) is 2.89. The largest absolute Gasteiger partial charge is 0.308 e. The molecule has 0 saturated heterocycles. The van der Waals surface area contributed by atoms with Gasteiger partial charge in [0.1, 0.15) is 0 Å². The molecule has 1 aromatic heterocycles. The van der Waals surface area contributed by atoms with Gasteiger partial charge in [-0.05, 0) is 43.2 Å². The summed E-state index contributed by atoms with van der Waals surface area (Å²) in [7, 11) is 0. The Bertz CT molecular complexity index is 325. The van der Waals surface area contributed by atoms with Gasteiger partial charge >= 0.3 is 0 Å². The second kappa shape index (κ2) is 3.89. The summed E-state index contributed by atoms with van der Waals surface area (Å²) >= 11 is 0. The van der Waals surface area contributed by atoms with E-state index in [0.29, 0.717) is 0 Å².